The Kier molecular flexibility index (Phi) is 5.21. The zero-order valence-electron chi connectivity index (χ0n) is 15.9. The second-order valence-electron chi connectivity index (χ2n) is 6.62. The van der Waals surface area contributed by atoms with Crippen molar-refractivity contribution < 1.29 is 14.3 Å². The number of benzene rings is 2. The van der Waals surface area contributed by atoms with Gasteiger partial charge in [-0.25, -0.2) is 4.79 Å². The molecule has 0 spiro atoms. The number of hydrogen-bond acceptors (Lipinski definition) is 4. The van der Waals surface area contributed by atoms with Gasteiger partial charge in [-0.05, 0) is 51.5 Å². The van der Waals surface area contributed by atoms with Gasteiger partial charge in [-0.15, -0.1) is 0 Å². The summed E-state index contributed by atoms with van der Waals surface area (Å²) in [4.78, 5) is 29.5. The minimum Gasteiger partial charge on any atom is -0.449 e. The molecule has 0 saturated heterocycles. The monoisotopic (exact) mass is 362 g/mol. The quantitative estimate of drug-likeness (QED) is 0.701. The molecule has 1 N–H and O–H groups in total. The Labute approximate surface area is 158 Å². The SMILES string of the molecule is Cc1ccc(NC(=O)[C@@H](C)OC(=O)c2c(C)nc3ccccc3c2C)cc1. The standard InChI is InChI=1S/C22H22N2O3/c1-13-9-11-17(12-10-13)24-21(25)16(4)27-22(26)20-14(2)18-7-5-6-8-19(18)23-15(20)3/h5-12,16H,1-4H3,(H,24,25)/t16-/m1/s1. The Morgan fingerprint density at radius 1 is 1.00 bits per heavy atom. The van der Waals surface area contributed by atoms with Crippen molar-refractivity contribution in [2.45, 2.75) is 33.8 Å². The number of para-hydroxylation sites is 1. The maximum absolute atomic E-state index is 12.7. The topological polar surface area (TPSA) is 68.3 Å². The lowest BCUT2D eigenvalue weighted by atomic mass is 10.0. The van der Waals surface area contributed by atoms with E-state index >= 15 is 0 Å². The Morgan fingerprint density at radius 2 is 1.67 bits per heavy atom. The molecule has 5 nitrogen and oxygen atoms in total. The summed E-state index contributed by atoms with van der Waals surface area (Å²) < 4.78 is 5.41. The summed E-state index contributed by atoms with van der Waals surface area (Å²) >= 11 is 0. The summed E-state index contributed by atoms with van der Waals surface area (Å²) in [6.45, 7) is 7.16. The van der Waals surface area contributed by atoms with E-state index in [2.05, 4.69) is 10.3 Å². The predicted octanol–water partition coefficient (Wildman–Crippen LogP) is 4.34. The number of anilines is 1. The molecule has 1 atom stereocenters. The highest BCUT2D eigenvalue weighted by Gasteiger charge is 2.23. The number of pyridine rings is 1. The lowest BCUT2D eigenvalue weighted by Crippen LogP contribution is -2.30. The van der Waals surface area contributed by atoms with Gasteiger partial charge in [-0.3, -0.25) is 9.78 Å². The van der Waals surface area contributed by atoms with Crippen LogP contribution in [0.15, 0.2) is 48.5 Å². The average Bonchev–Trinajstić information content (AvgIpc) is 2.63. The van der Waals surface area contributed by atoms with E-state index in [-0.39, 0.29) is 5.91 Å². The first-order valence-corrected chi connectivity index (χ1v) is 8.81. The van der Waals surface area contributed by atoms with Crippen molar-refractivity contribution in [1.82, 2.24) is 4.98 Å². The van der Waals surface area contributed by atoms with E-state index in [0.717, 1.165) is 22.0 Å². The number of fused-ring (bicyclic) bond motifs is 1. The van der Waals surface area contributed by atoms with E-state index in [0.29, 0.717) is 16.9 Å². The number of nitrogens with zero attached hydrogens (tertiary/aromatic N) is 1. The fourth-order valence-corrected chi connectivity index (χ4v) is 2.99. The number of esters is 1. The average molecular weight is 362 g/mol. The summed E-state index contributed by atoms with van der Waals surface area (Å²) in [5.74, 6) is -0.925. The summed E-state index contributed by atoms with van der Waals surface area (Å²) in [5, 5.41) is 3.65. The van der Waals surface area contributed by atoms with E-state index < -0.39 is 12.1 Å². The first kappa shape index (κ1) is 18.6. The van der Waals surface area contributed by atoms with Gasteiger partial charge in [-0.2, -0.15) is 0 Å². The van der Waals surface area contributed by atoms with Gasteiger partial charge in [0.2, 0.25) is 0 Å². The molecular formula is C22H22N2O3. The van der Waals surface area contributed by atoms with Crippen LogP contribution in [0.4, 0.5) is 5.69 Å². The highest BCUT2D eigenvalue weighted by atomic mass is 16.5. The molecular weight excluding hydrogens is 340 g/mol. The van der Waals surface area contributed by atoms with Crippen LogP contribution in [0, 0.1) is 20.8 Å². The third kappa shape index (κ3) is 3.97. The Morgan fingerprint density at radius 3 is 2.37 bits per heavy atom. The number of aryl methyl sites for hydroxylation is 3. The number of carbonyl (C=O) groups is 2. The van der Waals surface area contributed by atoms with Crippen molar-refractivity contribution in [3.05, 3.63) is 70.9 Å². The molecule has 0 fully saturated rings. The molecule has 1 amide bonds. The summed E-state index contributed by atoms with van der Waals surface area (Å²) in [6, 6.07) is 15.1. The first-order valence-electron chi connectivity index (χ1n) is 8.81. The van der Waals surface area contributed by atoms with Crippen LogP contribution in [0.2, 0.25) is 0 Å². The van der Waals surface area contributed by atoms with E-state index in [1.54, 1.807) is 13.8 Å². The van der Waals surface area contributed by atoms with Gasteiger partial charge >= 0.3 is 5.97 Å². The molecule has 1 heterocycles. The molecule has 0 bridgehead atoms. The van der Waals surface area contributed by atoms with E-state index in [4.69, 9.17) is 4.74 Å². The zero-order chi connectivity index (χ0) is 19.6. The van der Waals surface area contributed by atoms with Crippen LogP contribution in [0.3, 0.4) is 0 Å². The van der Waals surface area contributed by atoms with Gasteiger partial charge in [0.15, 0.2) is 6.10 Å². The third-order valence-electron chi connectivity index (χ3n) is 4.51. The molecule has 0 aliphatic rings. The van der Waals surface area contributed by atoms with Crippen LogP contribution < -0.4 is 5.32 Å². The molecule has 2 aromatic carbocycles. The number of aromatic nitrogens is 1. The summed E-state index contributed by atoms with van der Waals surface area (Å²) in [5.41, 5.74) is 4.38. The molecule has 138 valence electrons. The number of hydrogen-bond donors (Lipinski definition) is 1. The van der Waals surface area contributed by atoms with Crippen LogP contribution in [-0.2, 0) is 9.53 Å². The zero-order valence-corrected chi connectivity index (χ0v) is 15.9. The Balaban J connectivity index is 1.77. The number of nitrogens with one attached hydrogen (secondary N) is 1. The smallest absolute Gasteiger partial charge is 0.341 e. The van der Waals surface area contributed by atoms with Crippen molar-refractivity contribution in [3.8, 4) is 0 Å². The Hall–Kier alpha value is -3.21. The molecule has 0 saturated carbocycles. The molecule has 0 aliphatic carbocycles. The van der Waals surface area contributed by atoms with Crippen LogP contribution in [0.1, 0.15) is 34.1 Å². The maximum atomic E-state index is 12.7. The van der Waals surface area contributed by atoms with Crippen LogP contribution in [0.5, 0.6) is 0 Å². The summed E-state index contributed by atoms with van der Waals surface area (Å²) in [6.07, 6.45) is -0.927. The van der Waals surface area contributed by atoms with E-state index in [9.17, 15) is 9.59 Å². The van der Waals surface area contributed by atoms with Gasteiger partial charge < -0.3 is 10.1 Å². The van der Waals surface area contributed by atoms with Gasteiger partial charge in [0.05, 0.1) is 16.8 Å². The van der Waals surface area contributed by atoms with Crippen molar-refractivity contribution in [1.29, 1.82) is 0 Å². The number of carbonyl (C=O) groups excluding carboxylic acids is 2. The van der Waals surface area contributed by atoms with E-state index in [1.165, 1.54) is 0 Å². The molecule has 0 radical (unpaired) electrons. The fraction of sp³-hybridized carbons (Fsp3) is 0.227. The normalized spacial score (nSPS) is 11.9. The minimum absolute atomic E-state index is 0.378. The van der Waals surface area contributed by atoms with Crippen LogP contribution in [-0.4, -0.2) is 23.0 Å². The van der Waals surface area contributed by atoms with Gasteiger partial charge in [0.25, 0.3) is 5.91 Å². The molecule has 1 aromatic heterocycles. The van der Waals surface area contributed by atoms with Crippen molar-refractivity contribution in [3.63, 3.8) is 0 Å². The summed E-state index contributed by atoms with van der Waals surface area (Å²) in [7, 11) is 0. The first-order chi connectivity index (χ1) is 12.9. The van der Waals surface area contributed by atoms with Crippen molar-refractivity contribution in [2.75, 3.05) is 5.32 Å². The van der Waals surface area contributed by atoms with Gasteiger partial charge in [0.1, 0.15) is 0 Å². The largest absolute Gasteiger partial charge is 0.449 e. The van der Waals surface area contributed by atoms with Crippen molar-refractivity contribution >= 4 is 28.5 Å². The molecule has 27 heavy (non-hydrogen) atoms. The molecule has 0 aliphatic heterocycles. The highest BCUT2D eigenvalue weighted by molar-refractivity contribution is 6.01. The highest BCUT2D eigenvalue weighted by Crippen LogP contribution is 2.23. The van der Waals surface area contributed by atoms with Crippen LogP contribution in [0.25, 0.3) is 10.9 Å². The van der Waals surface area contributed by atoms with Gasteiger partial charge in [0, 0.05) is 11.1 Å². The minimum atomic E-state index is -0.927. The van der Waals surface area contributed by atoms with E-state index in [1.807, 2.05) is 62.4 Å². The number of amides is 1. The van der Waals surface area contributed by atoms with Crippen LogP contribution >= 0.6 is 0 Å². The molecule has 5 heteroatoms. The van der Waals surface area contributed by atoms with Gasteiger partial charge in [-0.1, -0.05) is 35.9 Å². The fourth-order valence-electron chi connectivity index (χ4n) is 2.99. The molecule has 0 unspecified atom stereocenters. The van der Waals surface area contributed by atoms with Crippen molar-refractivity contribution in [2.24, 2.45) is 0 Å². The predicted molar refractivity (Wildman–Crippen MR) is 106 cm³/mol. The number of ether oxygens (including phenoxy) is 1. The molecule has 3 rings (SSSR count). The Bertz CT molecular complexity index is 1010. The molecule has 3 aromatic rings. The lowest BCUT2D eigenvalue weighted by molar-refractivity contribution is -0.123. The third-order valence-corrected chi connectivity index (χ3v) is 4.51. The second-order valence-corrected chi connectivity index (χ2v) is 6.62. The lowest BCUT2D eigenvalue weighted by Gasteiger charge is -2.16. The number of rotatable bonds is 4. The maximum Gasteiger partial charge on any atom is 0.341 e. The second kappa shape index (κ2) is 7.58.